The van der Waals surface area contributed by atoms with Crippen LogP contribution < -0.4 is 11.0 Å². The molecule has 1 aliphatic heterocycles. The van der Waals surface area contributed by atoms with Crippen molar-refractivity contribution < 1.29 is 24.5 Å². The first-order valence-electron chi connectivity index (χ1n) is 14.8. The number of aliphatic hydroxyl groups excluding tert-OH is 1. The quantitative estimate of drug-likeness (QED) is 0.131. The molecule has 2 atom stereocenters. The third-order valence-electron chi connectivity index (χ3n) is 8.08. The van der Waals surface area contributed by atoms with Crippen LogP contribution in [-0.4, -0.2) is 74.7 Å². The van der Waals surface area contributed by atoms with Gasteiger partial charge in [-0.25, -0.2) is 9.59 Å². The van der Waals surface area contributed by atoms with Gasteiger partial charge in [-0.1, -0.05) is 91.0 Å². The number of carboxylic acid groups (broad SMARTS) is 1. The number of amides is 1. The Balaban J connectivity index is 1.38. The summed E-state index contributed by atoms with van der Waals surface area (Å²) < 4.78 is 13.4. The van der Waals surface area contributed by atoms with E-state index >= 15 is 0 Å². The van der Waals surface area contributed by atoms with Gasteiger partial charge in [0.2, 0.25) is 0 Å². The number of fused-ring (bicyclic) bond motifs is 1. The first kappa shape index (κ1) is 30.2. The zero-order valence-electron chi connectivity index (χ0n) is 24.6. The highest BCUT2D eigenvalue weighted by Gasteiger charge is 2.46. The van der Waals surface area contributed by atoms with Gasteiger partial charge in [-0.05, 0) is 22.8 Å². The zero-order valence-corrected chi connectivity index (χ0v) is 24.6. The summed E-state index contributed by atoms with van der Waals surface area (Å²) >= 11 is 0. The minimum absolute atomic E-state index is 0.163. The molecule has 1 aliphatic rings. The van der Waals surface area contributed by atoms with Crippen molar-refractivity contribution in [3.05, 3.63) is 136 Å². The molecule has 1 saturated heterocycles. The van der Waals surface area contributed by atoms with Crippen LogP contribution >= 0.6 is 0 Å². The normalized spacial score (nSPS) is 17.4. The average Bonchev–Trinajstić information content (AvgIpc) is 3.47. The van der Waals surface area contributed by atoms with Gasteiger partial charge in [0.1, 0.15) is 5.65 Å². The molecule has 0 radical (unpaired) electrons. The molecule has 0 saturated carbocycles. The summed E-state index contributed by atoms with van der Waals surface area (Å²) in [5.74, 6) is 0. The summed E-state index contributed by atoms with van der Waals surface area (Å²) in [5.41, 5.74) is 3.01. The second-order valence-electron chi connectivity index (χ2n) is 10.9. The highest BCUT2D eigenvalue weighted by Crippen LogP contribution is 2.44. The molecule has 3 aromatic carbocycles. The van der Waals surface area contributed by atoms with Crippen molar-refractivity contribution >= 4 is 17.1 Å². The highest BCUT2D eigenvalue weighted by atomic mass is 16.5. The molecule has 6 rings (SSSR count). The van der Waals surface area contributed by atoms with Crippen molar-refractivity contribution in [1.29, 1.82) is 0 Å². The zero-order chi connectivity index (χ0) is 31.2. The maximum Gasteiger partial charge on any atom is 0.404 e. The standard InChI is InChI=1S/C34H35N5O6/c40-22-29-20-38(34(25-10-4-1-5-11-25,26-12-6-2-7-13-26)27-14-8-3-9-15-27)21-30(45-29)39-19-24-18-28(36-31(24)37-32(39)41)23-44-17-16-35-33(42)43/h1-15,18-19,29-30,35,40H,16-17,20-23H2,(H,42,43)(H,36,37,41)/t29-,30-/m0/s1. The van der Waals surface area contributed by atoms with Gasteiger partial charge in [0, 0.05) is 36.9 Å². The van der Waals surface area contributed by atoms with Gasteiger partial charge in [0.15, 0.2) is 6.23 Å². The molecule has 11 heteroatoms. The number of benzene rings is 3. The lowest BCUT2D eigenvalue weighted by Gasteiger charge is -2.50. The van der Waals surface area contributed by atoms with E-state index in [4.69, 9.17) is 14.6 Å². The molecule has 3 heterocycles. The molecule has 0 spiro atoms. The lowest BCUT2D eigenvalue weighted by Crippen LogP contribution is -2.58. The summed E-state index contributed by atoms with van der Waals surface area (Å²) in [5, 5.41) is 22.1. The van der Waals surface area contributed by atoms with Crippen molar-refractivity contribution in [2.24, 2.45) is 0 Å². The van der Waals surface area contributed by atoms with Crippen molar-refractivity contribution in [3.8, 4) is 0 Å². The van der Waals surface area contributed by atoms with Crippen LogP contribution in [-0.2, 0) is 21.6 Å². The number of carbonyl (C=O) groups is 1. The van der Waals surface area contributed by atoms with Crippen molar-refractivity contribution in [3.63, 3.8) is 0 Å². The molecular formula is C34H35N5O6. The smallest absolute Gasteiger partial charge is 0.404 e. The van der Waals surface area contributed by atoms with Gasteiger partial charge in [-0.3, -0.25) is 9.47 Å². The van der Waals surface area contributed by atoms with E-state index in [1.807, 2.05) is 60.7 Å². The first-order valence-corrected chi connectivity index (χ1v) is 14.8. The summed E-state index contributed by atoms with van der Waals surface area (Å²) in [4.78, 5) is 33.8. The second-order valence-corrected chi connectivity index (χ2v) is 10.9. The van der Waals surface area contributed by atoms with Gasteiger partial charge in [0.25, 0.3) is 0 Å². The number of hydrogen-bond donors (Lipinski definition) is 4. The highest BCUT2D eigenvalue weighted by molar-refractivity contribution is 5.75. The fraction of sp³-hybridized carbons (Fsp3) is 0.265. The number of rotatable bonds is 11. The van der Waals surface area contributed by atoms with Crippen LogP contribution in [0, 0.1) is 0 Å². The monoisotopic (exact) mass is 609 g/mol. The number of hydrogen-bond acceptors (Lipinski definition) is 7. The van der Waals surface area contributed by atoms with Gasteiger partial charge in [0.05, 0.1) is 31.5 Å². The van der Waals surface area contributed by atoms with Gasteiger partial charge >= 0.3 is 11.8 Å². The van der Waals surface area contributed by atoms with Crippen LogP contribution in [0.1, 0.15) is 28.6 Å². The minimum Gasteiger partial charge on any atom is -0.465 e. The third-order valence-corrected chi connectivity index (χ3v) is 8.08. The fourth-order valence-corrected chi connectivity index (χ4v) is 6.19. The summed E-state index contributed by atoms with van der Waals surface area (Å²) in [6.07, 6.45) is -0.709. The van der Waals surface area contributed by atoms with Crippen LogP contribution in [0.5, 0.6) is 0 Å². The van der Waals surface area contributed by atoms with Gasteiger partial charge in [-0.15, -0.1) is 0 Å². The van der Waals surface area contributed by atoms with Crippen molar-refractivity contribution in [1.82, 2.24) is 24.8 Å². The molecule has 11 nitrogen and oxygen atoms in total. The number of aromatic amines is 1. The van der Waals surface area contributed by atoms with E-state index in [0.29, 0.717) is 29.8 Å². The van der Waals surface area contributed by atoms with E-state index in [2.05, 4.69) is 56.6 Å². The van der Waals surface area contributed by atoms with Crippen LogP contribution in [0.4, 0.5) is 4.79 Å². The molecular weight excluding hydrogens is 574 g/mol. The number of ether oxygens (including phenoxy) is 2. The van der Waals surface area contributed by atoms with E-state index in [-0.39, 0.29) is 26.4 Å². The van der Waals surface area contributed by atoms with Gasteiger partial charge < -0.3 is 30.0 Å². The lowest BCUT2D eigenvalue weighted by atomic mass is 9.75. The third kappa shape index (κ3) is 6.24. The summed E-state index contributed by atoms with van der Waals surface area (Å²) in [6.45, 7) is 1.07. The maximum atomic E-state index is 13.4. The predicted octanol–water partition coefficient (Wildman–Crippen LogP) is 3.69. The molecule has 45 heavy (non-hydrogen) atoms. The van der Waals surface area contributed by atoms with Crippen molar-refractivity contribution in [2.45, 2.75) is 24.5 Å². The van der Waals surface area contributed by atoms with E-state index < -0.39 is 29.7 Å². The maximum absolute atomic E-state index is 13.4. The predicted molar refractivity (Wildman–Crippen MR) is 168 cm³/mol. The van der Waals surface area contributed by atoms with E-state index in [1.165, 1.54) is 4.57 Å². The Morgan fingerprint density at radius 2 is 1.58 bits per heavy atom. The fourth-order valence-electron chi connectivity index (χ4n) is 6.19. The van der Waals surface area contributed by atoms with E-state index in [9.17, 15) is 14.7 Å². The Kier molecular flexibility index (Phi) is 9.03. The topological polar surface area (TPSA) is 142 Å². The number of H-pyrrole nitrogens is 1. The number of nitrogens with one attached hydrogen (secondary N) is 2. The molecule has 1 fully saturated rings. The Bertz CT molecular complexity index is 1680. The number of aromatic nitrogens is 3. The van der Waals surface area contributed by atoms with Crippen LogP contribution in [0.15, 0.2) is 108 Å². The largest absolute Gasteiger partial charge is 0.465 e. The SMILES string of the molecule is O=C(O)NCCOCc1cc2cn([C@@H]3CN(C(c4ccccc4)(c4ccccc4)c4ccccc4)C[C@@H](CO)O3)c(=O)nc2[nH]1. The number of nitrogens with zero attached hydrogens (tertiary/aromatic N) is 3. The van der Waals surface area contributed by atoms with Crippen LogP contribution in [0.3, 0.4) is 0 Å². The summed E-state index contributed by atoms with van der Waals surface area (Å²) in [7, 11) is 0. The Morgan fingerprint density at radius 3 is 2.13 bits per heavy atom. The van der Waals surface area contributed by atoms with Gasteiger partial charge in [-0.2, -0.15) is 4.98 Å². The molecule has 0 bridgehead atoms. The molecule has 1 amide bonds. The Hall–Kier alpha value is -4.81. The molecule has 232 valence electrons. The molecule has 5 aromatic rings. The van der Waals surface area contributed by atoms with Crippen molar-refractivity contribution in [2.75, 3.05) is 32.8 Å². The second kappa shape index (κ2) is 13.4. The van der Waals surface area contributed by atoms with Crippen LogP contribution in [0.2, 0.25) is 0 Å². The first-order chi connectivity index (χ1) is 22.0. The molecule has 0 unspecified atom stereocenters. The minimum atomic E-state index is -1.11. The molecule has 0 aliphatic carbocycles. The summed E-state index contributed by atoms with van der Waals surface area (Å²) in [6, 6.07) is 32.6. The van der Waals surface area contributed by atoms with Crippen LogP contribution in [0.25, 0.3) is 11.0 Å². The molecule has 2 aromatic heterocycles. The lowest BCUT2D eigenvalue weighted by molar-refractivity contribution is -0.150. The average molecular weight is 610 g/mol. The van der Waals surface area contributed by atoms with E-state index in [1.54, 1.807) is 6.20 Å². The Labute approximate surface area is 259 Å². The number of aliphatic hydroxyl groups is 1. The van der Waals surface area contributed by atoms with E-state index in [0.717, 1.165) is 16.7 Å². The Morgan fingerprint density at radius 1 is 0.978 bits per heavy atom. The molecule has 4 N–H and O–H groups in total. The number of morpholine rings is 1.